The van der Waals surface area contributed by atoms with Gasteiger partial charge in [-0.15, -0.1) is 11.3 Å². The van der Waals surface area contributed by atoms with Crippen molar-refractivity contribution in [2.75, 3.05) is 0 Å². The first-order chi connectivity index (χ1) is 11.5. The largest absolute Gasteiger partial charge is 0.340 e. The zero-order valence-electron chi connectivity index (χ0n) is 12.3. The molecule has 1 atom stereocenters. The van der Waals surface area contributed by atoms with E-state index in [0.29, 0.717) is 10.6 Å². The maximum absolute atomic E-state index is 13.2. The van der Waals surface area contributed by atoms with Gasteiger partial charge in [0.2, 0.25) is 0 Å². The maximum Gasteiger partial charge on any atom is 0.253 e. The SMILES string of the molecule is O=C(NC(c1ccc(F)cc1)c1cccs1)c1cc(Br)ccc1Cl. The number of nitrogens with one attached hydrogen (secondary N) is 1. The summed E-state index contributed by atoms with van der Waals surface area (Å²) in [5, 5.41) is 5.29. The lowest BCUT2D eigenvalue weighted by molar-refractivity contribution is 0.0943. The van der Waals surface area contributed by atoms with Gasteiger partial charge in [0.05, 0.1) is 16.6 Å². The van der Waals surface area contributed by atoms with Gasteiger partial charge in [0.1, 0.15) is 5.82 Å². The molecule has 0 bridgehead atoms. The Bertz CT molecular complexity index is 852. The Labute approximate surface area is 156 Å². The minimum Gasteiger partial charge on any atom is -0.340 e. The number of carbonyl (C=O) groups excluding carboxylic acids is 1. The van der Waals surface area contributed by atoms with Gasteiger partial charge in [0.15, 0.2) is 0 Å². The lowest BCUT2D eigenvalue weighted by Crippen LogP contribution is -2.29. The molecule has 0 radical (unpaired) electrons. The second-order valence-corrected chi connectivity index (χ2v) is 7.40. The third kappa shape index (κ3) is 3.86. The summed E-state index contributed by atoms with van der Waals surface area (Å²) in [6.45, 7) is 0. The van der Waals surface area contributed by atoms with E-state index in [0.717, 1.165) is 14.9 Å². The van der Waals surface area contributed by atoms with Crippen LogP contribution in [0.15, 0.2) is 64.5 Å². The molecular weight excluding hydrogens is 413 g/mol. The predicted octanol–water partition coefficient (Wildman–Crippen LogP) is 5.82. The minimum absolute atomic E-state index is 0.288. The second kappa shape index (κ2) is 7.47. The standard InChI is InChI=1S/C18H12BrClFNOS/c19-12-5-8-15(20)14(10-12)18(23)22-17(16-2-1-9-24-16)11-3-6-13(21)7-4-11/h1-10,17H,(H,22,23). The lowest BCUT2D eigenvalue weighted by atomic mass is 10.0. The van der Waals surface area contributed by atoms with E-state index in [1.54, 1.807) is 30.3 Å². The summed E-state index contributed by atoms with van der Waals surface area (Å²) >= 11 is 11.0. The number of hydrogen-bond donors (Lipinski definition) is 1. The fourth-order valence-electron chi connectivity index (χ4n) is 2.31. The third-order valence-corrected chi connectivity index (χ3v) is 5.24. The van der Waals surface area contributed by atoms with Gasteiger partial charge in [0.25, 0.3) is 5.91 Å². The van der Waals surface area contributed by atoms with Crippen molar-refractivity contribution in [3.05, 3.63) is 91.3 Å². The molecule has 0 aliphatic rings. The fraction of sp³-hybridized carbons (Fsp3) is 0.0556. The summed E-state index contributed by atoms with van der Waals surface area (Å²) in [6.07, 6.45) is 0. The van der Waals surface area contributed by atoms with Crippen LogP contribution in [0.2, 0.25) is 5.02 Å². The molecule has 0 saturated carbocycles. The Balaban J connectivity index is 1.93. The summed E-state index contributed by atoms with van der Waals surface area (Å²) in [5.74, 6) is -0.603. The molecule has 3 aromatic rings. The van der Waals surface area contributed by atoms with Crippen molar-refractivity contribution in [3.63, 3.8) is 0 Å². The lowest BCUT2D eigenvalue weighted by Gasteiger charge is -2.18. The van der Waals surface area contributed by atoms with Crippen molar-refractivity contribution in [1.82, 2.24) is 5.32 Å². The molecular formula is C18H12BrClFNOS. The highest BCUT2D eigenvalue weighted by molar-refractivity contribution is 9.10. The van der Waals surface area contributed by atoms with E-state index in [-0.39, 0.29) is 17.8 Å². The first kappa shape index (κ1) is 17.1. The van der Waals surface area contributed by atoms with E-state index in [2.05, 4.69) is 21.2 Å². The highest BCUT2D eigenvalue weighted by Crippen LogP contribution is 2.28. The second-order valence-electron chi connectivity index (χ2n) is 5.10. The van der Waals surface area contributed by atoms with Crippen molar-refractivity contribution in [3.8, 4) is 0 Å². The first-order valence-corrected chi connectivity index (χ1v) is 9.14. The van der Waals surface area contributed by atoms with E-state index in [4.69, 9.17) is 11.6 Å². The molecule has 2 aromatic carbocycles. The van der Waals surface area contributed by atoms with Crippen LogP contribution < -0.4 is 5.32 Å². The van der Waals surface area contributed by atoms with Crippen LogP contribution in [0.25, 0.3) is 0 Å². The quantitative estimate of drug-likeness (QED) is 0.561. The van der Waals surface area contributed by atoms with Gasteiger partial charge < -0.3 is 5.32 Å². The van der Waals surface area contributed by atoms with Gasteiger partial charge in [-0.3, -0.25) is 4.79 Å². The number of carbonyl (C=O) groups is 1. The predicted molar refractivity (Wildman–Crippen MR) is 99.2 cm³/mol. The summed E-state index contributed by atoms with van der Waals surface area (Å²) in [4.78, 5) is 13.6. The van der Waals surface area contributed by atoms with Crippen LogP contribution in [0.5, 0.6) is 0 Å². The van der Waals surface area contributed by atoms with Crippen LogP contribution >= 0.6 is 38.9 Å². The molecule has 0 aliphatic heterocycles. The highest BCUT2D eigenvalue weighted by Gasteiger charge is 2.20. The van der Waals surface area contributed by atoms with Crippen LogP contribution in [-0.2, 0) is 0 Å². The number of halogens is 3. The van der Waals surface area contributed by atoms with E-state index >= 15 is 0 Å². The van der Waals surface area contributed by atoms with Crippen LogP contribution in [0, 0.1) is 5.82 Å². The van der Waals surface area contributed by atoms with Gasteiger partial charge in [-0.1, -0.05) is 45.7 Å². The topological polar surface area (TPSA) is 29.1 Å². The average Bonchev–Trinajstić information content (AvgIpc) is 3.10. The molecule has 1 heterocycles. The van der Waals surface area contributed by atoms with E-state index in [1.807, 2.05) is 17.5 Å². The number of thiophene rings is 1. The van der Waals surface area contributed by atoms with Crippen molar-refractivity contribution >= 4 is 44.8 Å². The summed E-state index contributed by atoms with van der Waals surface area (Å²) in [7, 11) is 0. The Morgan fingerprint density at radius 2 is 1.92 bits per heavy atom. The molecule has 3 rings (SSSR count). The molecule has 1 amide bonds. The van der Waals surface area contributed by atoms with Gasteiger partial charge in [-0.25, -0.2) is 4.39 Å². The van der Waals surface area contributed by atoms with Gasteiger partial charge >= 0.3 is 0 Å². The van der Waals surface area contributed by atoms with Crippen LogP contribution in [0.1, 0.15) is 26.8 Å². The van der Waals surface area contributed by atoms with Crippen molar-refractivity contribution < 1.29 is 9.18 Å². The van der Waals surface area contributed by atoms with Crippen molar-refractivity contribution in [2.45, 2.75) is 6.04 Å². The minimum atomic E-state index is -0.367. The maximum atomic E-state index is 13.2. The molecule has 1 N–H and O–H groups in total. The summed E-state index contributed by atoms with van der Waals surface area (Å²) in [6, 6.07) is 14.7. The van der Waals surface area contributed by atoms with Crippen molar-refractivity contribution in [2.24, 2.45) is 0 Å². The van der Waals surface area contributed by atoms with E-state index in [1.165, 1.54) is 23.5 Å². The molecule has 0 saturated heterocycles. The van der Waals surface area contributed by atoms with Gasteiger partial charge in [-0.05, 0) is 47.3 Å². The molecule has 24 heavy (non-hydrogen) atoms. The normalized spacial score (nSPS) is 12.0. The molecule has 1 aromatic heterocycles. The third-order valence-electron chi connectivity index (χ3n) is 3.48. The van der Waals surface area contributed by atoms with Gasteiger partial charge in [-0.2, -0.15) is 0 Å². The molecule has 0 aliphatic carbocycles. The Kier molecular flexibility index (Phi) is 5.33. The number of hydrogen-bond acceptors (Lipinski definition) is 2. The van der Waals surface area contributed by atoms with Crippen LogP contribution in [0.4, 0.5) is 4.39 Å². The highest BCUT2D eigenvalue weighted by atomic mass is 79.9. The molecule has 1 unspecified atom stereocenters. The molecule has 0 spiro atoms. The average molecular weight is 425 g/mol. The number of rotatable bonds is 4. The van der Waals surface area contributed by atoms with Gasteiger partial charge in [0, 0.05) is 9.35 Å². The Morgan fingerprint density at radius 3 is 2.58 bits per heavy atom. The number of amides is 1. The smallest absolute Gasteiger partial charge is 0.253 e. The molecule has 6 heteroatoms. The van der Waals surface area contributed by atoms with Crippen LogP contribution in [0.3, 0.4) is 0 Å². The Morgan fingerprint density at radius 1 is 1.17 bits per heavy atom. The van der Waals surface area contributed by atoms with E-state index < -0.39 is 0 Å². The van der Waals surface area contributed by atoms with E-state index in [9.17, 15) is 9.18 Å². The zero-order chi connectivity index (χ0) is 17.1. The summed E-state index contributed by atoms with van der Waals surface area (Å²) < 4.78 is 14.0. The van der Waals surface area contributed by atoms with Crippen LogP contribution in [-0.4, -0.2) is 5.91 Å². The first-order valence-electron chi connectivity index (χ1n) is 7.09. The molecule has 122 valence electrons. The zero-order valence-corrected chi connectivity index (χ0v) is 15.5. The fourth-order valence-corrected chi connectivity index (χ4v) is 3.68. The number of benzene rings is 2. The summed E-state index contributed by atoms with van der Waals surface area (Å²) in [5.41, 5.74) is 1.19. The monoisotopic (exact) mass is 423 g/mol. The molecule has 2 nitrogen and oxygen atoms in total. The van der Waals surface area contributed by atoms with Crippen molar-refractivity contribution in [1.29, 1.82) is 0 Å². The Hall–Kier alpha value is -1.69. The molecule has 0 fully saturated rings.